The van der Waals surface area contributed by atoms with Gasteiger partial charge in [-0.05, 0) is 42.5 Å². The van der Waals surface area contributed by atoms with E-state index < -0.39 is 10.0 Å². The average Bonchev–Trinajstić information content (AvgIpc) is 2.89. The molecular weight excluding hydrogens is 496 g/mol. The Morgan fingerprint density at radius 2 is 1.64 bits per heavy atom. The molecule has 1 aliphatic heterocycles. The molecule has 190 valence electrons. The fourth-order valence-electron chi connectivity index (χ4n) is 5.36. The Balaban J connectivity index is 1.41. The predicted molar refractivity (Wildman–Crippen MR) is 144 cm³/mol. The van der Waals surface area contributed by atoms with Crippen molar-refractivity contribution in [2.45, 2.75) is 43.8 Å². The Kier molecular flexibility index (Phi) is 7.46. The van der Waals surface area contributed by atoms with Crippen LogP contribution in [0.2, 0.25) is 5.02 Å². The molecule has 1 saturated carbocycles. The lowest BCUT2D eigenvalue weighted by molar-refractivity contribution is 0.382. The predicted octanol–water partition coefficient (Wildman–Crippen LogP) is 4.59. The molecule has 0 unspecified atom stereocenters. The highest BCUT2D eigenvalue weighted by Crippen LogP contribution is 2.36. The first-order chi connectivity index (χ1) is 17.4. The average molecular weight is 527 g/mol. The number of anilines is 1. The van der Waals surface area contributed by atoms with Crippen molar-refractivity contribution in [3.05, 3.63) is 87.3 Å². The zero-order chi connectivity index (χ0) is 25.1. The molecule has 2 heterocycles. The molecule has 5 rings (SSSR count). The number of halogens is 1. The van der Waals surface area contributed by atoms with E-state index in [1.54, 1.807) is 22.6 Å². The first kappa shape index (κ1) is 25.0. The van der Waals surface area contributed by atoms with E-state index in [0.29, 0.717) is 36.9 Å². The monoisotopic (exact) mass is 526 g/mol. The third kappa shape index (κ3) is 5.36. The van der Waals surface area contributed by atoms with E-state index in [1.165, 1.54) is 11.1 Å². The number of hydrogen-bond acceptors (Lipinski definition) is 5. The number of hydrogen-bond donors (Lipinski definition) is 0. The van der Waals surface area contributed by atoms with Gasteiger partial charge in [0.2, 0.25) is 10.0 Å². The summed E-state index contributed by atoms with van der Waals surface area (Å²) in [4.78, 5) is 15.9. The maximum atomic E-state index is 13.8. The summed E-state index contributed by atoms with van der Waals surface area (Å²) in [5.41, 5.74) is 2.96. The lowest BCUT2D eigenvalue weighted by Gasteiger charge is -2.37. The Morgan fingerprint density at radius 3 is 2.33 bits per heavy atom. The largest absolute Gasteiger partial charge is 0.367 e. The summed E-state index contributed by atoms with van der Waals surface area (Å²) in [5, 5.41) is 5.07. The van der Waals surface area contributed by atoms with Crippen LogP contribution in [0, 0.1) is 0 Å². The van der Waals surface area contributed by atoms with Gasteiger partial charge in [0.15, 0.2) is 0 Å². The van der Waals surface area contributed by atoms with E-state index in [4.69, 9.17) is 11.6 Å². The van der Waals surface area contributed by atoms with E-state index in [1.807, 2.05) is 42.5 Å². The summed E-state index contributed by atoms with van der Waals surface area (Å²) in [6, 6.07) is 16.4. The fraction of sp³-hybridized carbons (Fsp3) is 0.407. The van der Waals surface area contributed by atoms with Crippen LogP contribution in [0.5, 0.6) is 0 Å². The Bertz CT molecular complexity index is 1360. The molecule has 9 heteroatoms. The van der Waals surface area contributed by atoms with Crippen LogP contribution in [-0.4, -0.2) is 48.7 Å². The molecule has 2 aromatic carbocycles. The molecule has 0 spiro atoms. The molecule has 0 atom stereocenters. The van der Waals surface area contributed by atoms with Gasteiger partial charge in [0.05, 0.1) is 23.3 Å². The van der Waals surface area contributed by atoms with Crippen molar-refractivity contribution in [3.8, 4) is 5.69 Å². The molecule has 2 aliphatic rings. The van der Waals surface area contributed by atoms with Crippen molar-refractivity contribution in [1.82, 2.24) is 14.1 Å². The van der Waals surface area contributed by atoms with Gasteiger partial charge in [-0.3, -0.25) is 4.79 Å². The van der Waals surface area contributed by atoms with Gasteiger partial charge in [0, 0.05) is 36.8 Å². The summed E-state index contributed by atoms with van der Waals surface area (Å²) in [7, 11) is -3.41. The van der Waals surface area contributed by atoms with E-state index in [2.05, 4.69) is 10.00 Å². The minimum atomic E-state index is -3.41. The molecular formula is C27H31ClN4O3S. The molecule has 1 aromatic heterocycles. The summed E-state index contributed by atoms with van der Waals surface area (Å²) < 4.78 is 29.1. The van der Waals surface area contributed by atoms with Gasteiger partial charge < -0.3 is 4.90 Å². The topological polar surface area (TPSA) is 75.5 Å². The van der Waals surface area contributed by atoms with Gasteiger partial charge in [-0.1, -0.05) is 67.3 Å². The minimum Gasteiger partial charge on any atom is -0.367 e. The molecule has 7 nitrogen and oxygen atoms in total. The van der Waals surface area contributed by atoms with Gasteiger partial charge in [-0.15, -0.1) is 0 Å². The lowest BCUT2D eigenvalue weighted by atomic mass is 9.84. The number of piperazine rings is 1. The van der Waals surface area contributed by atoms with Crippen LogP contribution in [0.4, 0.5) is 5.69 Å². The highest BCUT2D eigenvalue weighted by molar-refractivity contribution is 7.88. The first-order valence-corrected chi connectivity index (χ1v) is 14.6. The molecule has 0 radical (unpaired) electrons. The summed E-state index contributed by atoms with van der Waals surface area (Å²) >= 11 is 6.18. The molecule has 0 amide bonds. The second kappa shape index (κ2) is 10.7. The SMILES string of the molecule is O=c1c(C2CCCCC2)c(N2CCN(S(=O)(=O)Cc3ccccc3)CC2)cnn1-c1cccc(Cl)c1. The van der Waals surface area contributed by atoms with E-state index >= 15 is 0 Å². The van der Waals surface area contributed by atoms with E-state index in [9.17, 15) is 13.2 Å². The van der Waals surface area contributed by atoms with Crippen LogP contribution in [0.3, 0.4) is 0 Å². The molecule has 1 aliphatic carbocycles. The van der Waals surface area contributed by atoms with Crippen LogP contribution >= 0.6 is 11.6 Å². The number of benzene rings is 2. The zero-order valence-corrected chi connectivity index (χ0v) is 21.8. The normalized spacial score (nSPS) is 17.9. The lowest BCUT2D eigenvalue weighted by Crippen LogP contribution is -2.49. The molecule has 0 bridgehead atoms. The van der Waals surface area contributed by atoms with Gasteiger partial charge >= 0.3 is 0 Å². The number of rotatable bonds is 6. The number of nitrogens with zero attached hydrogens (tertiary/aromatic N) is 4. The van der Waals surface area contributed by atoms with Gasteiger partial charge in [0.1, 0.15) is 0 Å². The minimum absolute atomic E-state index is 0.00159. The van der Waals surface area contributed by atoms with E-state index in [-0.39, 0.29) is 17.2 Å². The highest BCUT2D eigenvalue weighted by atomic mass is 35.5. The maximum absolute atomic E-state index is 13.8. The first-order valence-electron chi connectivity index (χ1n) is 12.6. The molecule has 2 fully saturated rings. The summed E-state index contributed by atoms with van der Waals surface area (Å²) in [5.74, 6) is 0.174. The van der Waals surface area contributed by atoms with Crippen molar-refractivity contribution in [2.75, 3.05) is 31.1 Å². The van der Waals surface area contributed by atoms with Gasteiger partial charge in [0.25, 0.3) is 5.56 Å². The highest BCUT2D eigenvalue weighted by Gasteiger charge is 2.31. The second-order valence-electron chi connectivity index (χ2n) is 9.60. The summed E-state index contributed by atoms with van der Waals surface area (Å²) in [6.45, 7) is 1.82. The third-order valence-corrected chi connectivity index (χ3v) is 9.31. The Labute approximate surface area is 217 Å². The van der Waals surface area contributed by atoms with Crippen molar-refractivity contribution < 1.29 is 8.42 Å². The fourth-order valence-corrected chi connectivity index (χ4v) is 7.06. The van der Waals surface area contributed by atoms with Crippen LogP contribution < -0.4 is 10.5 Å². The van der Waals surface area contributed by atoms with Crippen molar-refractivity contribution >= 4 is 27.3 Å². The van der Waals surface area contributed by atoms with Crippen LogP contribution in [0.25, 0.3) is 5.69 Å². The van der Waals surface area contributed by atoms with Crippen molar-refractivity contribution in [2.24, 2.45) is 0 Å². The maximum Gasteiger partial charge on any atom is 0.277 e. The van der Waals surface area contributed by atoms with Gasteiger partial charge in [-0.2, -0.15) is 14.1 Å². The Morgan fingerprint density at radius 1 is 0.917 bits per heavy atom. The molecule has 3 aromatic rings. The molecule has 1 saturated heterocycles. The van der Waals surface area contributed by atoms with Crippen molar-refractivity contribution in [1.29, 1.82) is 0 Å². The van der Waals surface area contributed by atoms with Crippen LogP contribution in [0.15, 0.2) is 65.6 Å². The number of sulfonamides is 1. The van der Waals surface area contributed by atoms with Crippen molar-refractivity contribution in [3.63, 3.8) is 0 Å². The quantitative estimate of drug-likeness (QED) is 0.470. The standard InChI is InChI=1S/C27H31ClN4O3S/c28-23-12-7-13-24(18-23)32-27(33)26(22-10-5-2-6-11-22)25(19-29-32)30-14-16-31(17-15-30)36(34,35)20-21-8-3-1-4-9-21/h1,3-4,7-9,12-13,18-19,22H,2,5-6,10-11,14-17,20H2. The van der Waals surface area contributed by atoms with Crippen LogP contribution in [-0.2, 0) is 15.8 Å². The molecule has 0 N–H and O–H groups in total. The number of aromatic nitrogens is 2. The summed E-state index contributed by atoms with van der Waals surface area (Å²) in [6.07, 6.45) is 7.14. The Hall–Kier alpha value is -2.68. The van der Waals surface area contributed by atoms with E-state index in [0.717, 1.165) is 42.5 Å². The zero-order valence-electron chi connectivity index (χ0n) is 20.2. The smallest absolute Gasteiger partial charge is 0.277 e. The third-order valence-electron chi connectivity index (χ3n) is 7.23. The van der Waals surface area contributed by atoms with Gasteiger partial charge in [-0.25, -0.2) is 8.42 Å². The van der Waals surface area contributed by atoms with Crippen LogP contribution in [0.1, 0.15) is 49.1 Å². The second-order valence-corrected chi connectivity index (χ2v) is 12.0. The molecule has 36 heavy (non-hydrogen) atoms.